The summed E-state index contributed by atoms with van der Waals surface area (Å²) in [7, 11) is 0. The smallest absolute Gasteiger partial charge is 0.221 e. The number of nitrogens with zero attached hydrogens (tertiary/aromatic N) is 2. The third-order valence-electron chi connectivity index (χ3n) is 7.40. The van der Waals surface area contributed by atoms with E-state index >= 15 is 0 Å². The van der Waals surface area contributed by atoms with Gasteiger partial charge >= 0.3 is 0 Å². The molecule has 32 heavy (non-hydrogen) atoms. The molecule has 2 saturated carbocycles. The van der Waals surface area contributed by atoms with Crippen LogP contribution in [0.3, 0.4) is 0 Å². The maximum atomic E-state index is 13.7. The summed E-state index contributed by atoms with van der Waals surface area (Å²) in [6.07, 6.45) is 6.99. The van der Waals surface area contributed by atoms with E-state index < -0.39 is 0 Å². The first kappa shape index (κ1) is 19.7. The highest BCUT2D eigenvalue weighted by molar-refractivity contribution is 6.06. The van der Waals surface area contributed by atoms with Crippen LogP contribution in [0.2, 0.25) is 0 Å². The first-order chi connectivity index (χ1) is 15.4. The van der Waals surface area contributed by atoms with E-state index in [1.165, 1.54) is 25.0 Å². The van der Waals surface area contributed by atoms with E-state index in [2.05, 4.69) is 43.1 Å². The first-order valence-corrected chi connectivity index (χ1v) is 11.6. The second kappa shape index (κ2) is 7.03. The number of aromatic amines is 1. The van der Waals surface area contributed by atoms with Crippen molar-refractivity contribution in [1.29, 1.82) is 0 Å². The Hall–Kier alpha value is -2.95. The quantitative estimate of drug-likeness (QED) is 0.380. The van der Waals surface area contributed by atoms with Crippen molar-refractivity contribution in [2.75, 3.05) is 0 Å². The number of ether oxygens (including phenoxy) is 1. The molecule has 0 radical (unpaired) electrons. The lowest BCUT2D eigenvalue weighted by Crippen LogP contribution is -2.51. The topological polar surface area (TPSA) is 50.8 Å². The van der Waals surface area contributed by atoms with Crippen molar-refractivity contribution in [3.05, 3.63) is 54.1 Å². The number of nitrogens with one attached hydrogen (secondary N) is 1. The van der Waals surface area contributed by atoms with Gasteiger partial charge in [0.25, 0.3) is 0 Å². The zero-order valence-corrected chi connectivity index (χ0v) is 18.8. The highest BCUT2D eigenvalue weighted by Crippen LogP contribution is 2.59. The molecular weight excluding hydrogens is 401 g/mol. The zero-order chi connectivity index (χ0) is 22.0. The predicted octanol–water partition coefficient (Wildman–Crippen LogP) is 7.00. The molecule has 4 aromatic rings. The summed E-state index contributed by atoms with van der Waals surface area (Å²) in [6.45, 7) is 6.64. The molecule has 4 nitrogen and oxygen atoms in total. The molecule has 2 fully saturated rings. The summed E-state index contributed by atoms with van der Waals surface area (Å²) in [5.41, 5.74) is 4.47. The minimum absolute atomic E-state index is 0.196. The Labute approximate surface area is 187 Å². The summed E-state index contributed by atoms with van der Waals surface area (Å²) in [5.74, 6) is 1.52. The van der Waals surface area contributed by atoms with Crippen LogP contribution in [0, 0.1) is 17.2 Å². The Morgan fingerprint density at radius 1 is 1.06 bits per heavy atom. The molecule has 5 heteroatoms. The lowest BCUT2D eigenvalue weighted by molar-refractivity contribution is -0.0959. The van der Waals surface area contributed by atoms with Gasteiger partial charge in [0.2, 0.25) is 5.88 Å². The van der Waals surface area contributed by atoms with Gasteiger partial charge < -0.3 is 4.74 Å². The van der Waals surface area contributed by atoms with Crippen molar-refractivity contribution in [3.63, 3.8) is 0 Å². The van der Waals surface area contributed by atoms with Crippen molar-refractivity contribution < 1.29 is 9.13 Å². The van der Waals surface area contributed by atoms with Crippen LogP contribution in [0.15, 0.2) is 42.6 Å². The highest BCUT2D eigenvalue weighted by Gasteiger charge is 2.52. The number of hydrogen-bond acceptors (Lipinski definition) is 3. The Kier molecular flexibility index (Phi) is 4.33. The largest absolute Gasteiger partial charge is 0.474 e. The molecule has 2 aromatic carbocycles. The van der Waals surface area contributed by atoms with E-state index in [0.29, 0.717) is 11.3 Å². The van der Waals surface area contributed by atoms with Gasteiger partial charge in [0, 0.05) is 16.3 Å². The average Bonchev–Trinajstić information content (AvgIpc) is 3.17. The summed E-state index contributed by atoms with van der Waals surface area (Å²) < 4.78 is 20.2. The second-order valence-corrected chi connectivity index (χ2v) is 10.4. The SMILES string of the molecule is CC1CC2(C1)CC(Oc1nc(C(C)C)c(-c3ccc(F)cc3)c3cc4cn[nH]c4cc13)C2. The van der Waals surface area contributed by atoms with Crippen LogP contribution in [0.4, 0.5) is 4.39 Å². The normalized spacial score (nSPS) is 24.8. The Bertz CT molecular complexity index is 1310. The molecule has 2 heterocycles. The minimum Gasteiger partial charge on any atom is -0.474 e. The van der Waals surface area contributed by atoms with Crippen molar-refractivity contribution in [2.24, 2.45) is 11.3 Å². The van der Waals surface area contributed by atoms with Gasteiger partial charge in [0.05, 0.1) is 17.4 Å². The van der Waals surface area contributed by atoms with Gasteiger partial charge in [0.15, 0.2) is 0 Å². The fourth-order valence-electron chi connectivity index (χ4n) is 6.07. The molecule has 2 aromatic heterocycles. The Morgan fingerprint density at radius 3 is 2.50 bits per heavy atom. The van der Waals surface area contributed by atoms with E-state index in [0.717, 1.165) is 57.3 Å². The van der Waals surface area contributed by atoms with Crippen LogP contribution in [-0.4, -0.2) is 21.3 Å². The molecule has 6 rings (SSSR count). The van der Waals surface area contributed by atoms with Gasteiger partial charge in [-0.2, -0.15) is 5.10 Å². The van der Waals surface area contributed by atoms with Crippen molar-refractivity contribution in [2.45, 2.75) is 58.5 Å². The van der Waals surface area contributed by atoms with Crippen molar-refractivity contribution in [1.82, 2.24) is 15.2 Å². The summed E-state index contributed by atoms with van der Waals surface area (Å²) >= 11 is 0. The third-order valence-corrected chi connectivity index (χ3v) is 7.40. The van der Waals surface area contributed by atoms with Crippen LogP contribution in [0.1, 0.15) is 58.1 Å². The lowest BCUT2D eigenvalue weighted by atomic mass is 9.51. The van der Waals surface area contributed by atoms with E-state index in [1.807, 2.05) is 18.3 Å². The predicted molar refractivity (Wildman–Crippen MR) is 125 cm³/mol. The van der Waals surface area contributed by atoms with Gasteiger partial charge in [0.1, 0.15) is 11.9 Å². The molecule has 0 aliphatic heterocycles. The fraction of sp³-hybridized carbons (Fsp3) is 0.407. The molecule has 0 saturated heterocycles. The molecule has 2 aliphatic rings. The minimum atomic E-state index is -0.237. The van der Waals surface area contributed by atoms with Crippen LogP contribution in [-0.2, 0) is 0 Å². The average molecular weight is 430 g/mol. The highest BCUT2D eigenvalue weighted by atomic mass is 19.1. The second-order valence-electron chi connectivity index (χ2n) is 10.4. The van der Waals surface area contributed by atoms with Crippen LogP contribution in [0.5, 0.6) is 5.88 Å². The third kappa shape index (κ3) is 3.09. The van der Waals surface area contributed by atoms with E-state index in [-0.39, 0.29) is 17.8 Å². The fourth-order valence-corrected chi connectivity index (χ4v) is 6.07. The number of halogens is 1. The summed E-state index contributed by atoms with van der Waals surface area (Å²) in [5, 5.41) is 10.4. The first-order valence-electron chi connectivity index (χ1n) is 11.6. The molecule has 1 spiro atoms. The number of benzene rings is 2. The van der Waals surface area contributed by atoms with Gasteiger partial charge in [-0.05, 0) is 78.1 Å². The summed E-state index contributed by atoms with van der Waals surface area (Å²) in [6, 6.07) is 11.0. The maximum absolute atomic E-state index is 13.7. The summed E-state index contributed by atoms with van der Waals surface area (Å²) in [4.78, 5) is 5.07. The number of aromatic nitrogens is 3. The van der Waals surface area contributed by atoms with Gasteiger partial charge in [-0.1, -0.05) is 32.9 Å². The van der Waals surface area contributed by atoms with E-state index in [9.17, 15) is 4.39 Å². The van der Waals surface area contributed by atoms with Gasteiger partial charge in [-0.15, -0.1) is 0 Å². The molecule has 164 valence electrons. The Morgan fingerprint density at radius 2 is 1.81 bits per heavy atom. The molecule has 0 atom stereocenters. The van der Waals surface area contributed by atoms with E-state index in [1.54, 1.807) is 0 Å². The molecule has 0 amide bonds. The van der Waals surface area contributed by atoms with Crippen LogP contribution in [0.25, 0.3) is 32.8 Å². The standard InChI is InChI=1S/C27H28FN3O/c1-15(2)25-24(17-4-6-19(28)7-5-17)21-8-18-14-29-31-23(18)9-22(21)26(30-25)32-20-12-27(13-20)10-16(3)11-27/h4-9,14-16,20H,10-13H2,1-3H3,(H,29,31). The molecule has 1 N–H and O–H groups in total. The number of fused-ring (bicyclic) bond motifs is 2. The number of H-pyrrole nitrogens is 1. The molecule has 0 unspecified atom stereocenters. The molecule has 2 aliphatic carbocycles. The van der Waals surface area contributed by atoms with Gasteiger partial charge in [-0.25, -0.2) is 9.37 Å². The number of rotatable bonds is 4. The zero-order valence-electron chi connectivity index (χ0n) is 18.8. The van der Waals surface area contributed by atoms with Crippen molar-refractivity contribution in [3.8, 4) is 17.0 Å². The number of hydrogen-bond donors (Lipinski definition) is 1. The van der Waals surface area contributed by atoms with Crippen LogP contribution < -0.4 is 4.74 Å². The lowest BCUT2D eigenvalue weighted by Gasteiger charge is -2.56. The van der Waals surface area contributed by atoms with Gasteiger partial charge in [-0.3, -0.25) is 5.10 Å². The molecular formula is C27H28FN3O. The van der Waals surface area contributed by atoms with E-state index in [4.69, 9.17) is 9.72 Å². The molecule has 0 bridgehead atoms. The Balaban J connectivity index is 1.50. The maximum Gasteiger partial charge on any atom is 0.221 e. The number of pyridine rings is 1. The monoisotopic (exact) mass is 429 g/mol. The van der Waals surface area contributed by atoms with Crippen molar-refractivity contribution >= 4 is 21.7 Å². The van der Waals surface area contributed by atoms with Crippen LogP contribution >= 0.6 is 0 Å².